The molecule has 0 aromatic heterocycles. The highest BCUT2D eigenvalue weighted by molar-refractivity contribution is 5.89. The number of carbonyl (C=O) groups excluding carboxylic acids is 1. The van der Waals surface area contributed by atoms with Crippen LogP contribution in [0, 0.1) is 5.82 Å². The minimum atomic E-state index is -0.821. The molecule has 1 aliphatic rings. The molecule has 0 spiro atoms. The molecule has 0 saturated carbocycles. The van der Waals surface area contributed by atoms with Gasteiger partial charge in [0.25, 0.3) is 0 Å². The molecule has 98 valence electrons. The third-order valence-corrected chi connectivity index (χ3v) is 3.06. The molecule has 1 atom stereocenters. The summed E-state index contributed by atoms with van der Waals surface area (Å²) in [6, 6.07) is 5.34. The van der Waals surface area contributed by atoms with Gasteiger partial charge in [-0.05, 0) is 44.0 Å². The van der Waals surface area contributed by atoms with Gasteiger partial charge in [0.2, 0.25) is 0 Å². The molecule has 0 radical (unpaired) electrons. The molecule has 1 unspecified atom stereocenters. The molecule has 1 saturated heterocycles. The number of nitrogens with zero attached hydrogens (tertiary/aromatic N) is 1. The Morgan fingerprint density at radius 1 is 1.44 bits per heavy atom. The van der Waals surface area contributed by atoms with Crippen molar-refractivity contribution >= 4 is 11.7 Å². The Labute approximate surface area is 105 Å². The average molecular weight is 252 g/mol. The van der Waals surface area contributed by atoms with E-state index in [0.29, 0.717) is 25.2 Å². The van der Waals surface area contributed by atoms with Crippen LogP contribution in [0.4, 0.5) is 14.9 Å². The highest BCUT2D eigenvalue weighted by Crippen LogP contribution is 2.21. The number of benzene rings is 1. The van der Waals surface area contributed by atoms with Crippen molar-refractivity contribution in [1.82, 2.24) is 4.90 Å². The number of amides is 2. The molecule has 1 heterocycles. The number of aliphatic hydroxyl groups is 1. The molecule has 0 aliphatic carbocycles. The van der Waals surface area contributed by atoms with E-state index in [4.69, 9.17) is 0 Å². The Balaban J connectivity index is 1.97. The molecule has 1 aliphatic heterocycles. The van der Waals surface area contributed by atoms with Crippen LogP contribution < -0.4 is 5.32 Å². The van der Waals surface area contributed by atoms with E-state index >= 15 is 0 Å². The van der Waals surface area contributed by atoms with E-state index in [1.54, 1.807) is 11.8 Å². The first kappa shape index (κ1) is 12.8. The molecular formula is C13H17FN2O2. The van der Waals surface area contributed by atoms with Crippen LogP contribution in [-0.4, -0.2) is 34.7 Å². The molecule has 18 heavy (non-hydrogen) atoms. The summed E-state index contributed by atoms with van der Waals surface area (Å²) in [6.07, 6.45) is 1.48. The lowest BCUT2D eigenvalue weighted by Crippen LogP contribution is -2.49. The zero-order valence-corrected chi connectivity index (χ0v) is 10.3. The van der Waals surface area contributed by atoms with Crippen molar-refractivity contribution in [3.8, 4) is 0 Å². The molecule has 4 nitrogen and oxygen atoms in total. The third-order valence-electron chi connectivity index (χ3n) is 3.06. The van der Waals surface area contributed by atoms with Crippen LogP contribution in [0.5, 0.6) is 0 Å². The Kier molecular flexibility index (Phi) is 3.52. The van der Waals surface area contributed by atoms with Crippen LogP contribution in [0.1, 0.15) is 19.8 Å². The van der Waals surface area contributed by atoms with E-state index in [9.17, 15) is 14.3 Å². The summed E-state index contributed by atoms with van der Waals surface area (Å²) in [4.78, 5) is 13.5. The van der Waals surface area contributed by atoms with Gasteiger partial charge in [-0.1, -0.05) is 0 Å². The first-order chi connectivity index (χ1) is 8.46. The third kappa shape index (κ3) is 3.20. The highest BCUT2D eigenvalue weighted by atomic mass is 19.1. The fourth-order valence-electron chi connectivity index (χ4n) is 2.13. The monoisotopic (exact) mass is 252 g/mol. The van der Waals surface area contributed by atoms with Crippen LogP contribution in [0.15, 0.2) is 24.3 Å². The standard InChI is InChI=1S/C13H17FN2O2/c1-13(18)7-2-8-16(9-13)12(17)15-11-5-3-10(14)4-6-11/h3-6,18H,2,7-9H2,1H3,(H,15,17). The Morgan fingerprint density at radius 2 is 2.11 bits per heavy atom. The molecule has 2 amide bonds. The van der Waals surface area contributed by atoms with Crippen LogP contribution in [0.2, 0.25) is 0 Å². The average Bonchev–Trinajstić information content (AvgIpc) is 2.31. The first-order valence-electron chi connectivity index (χ1n) is 6.00. The van der Waals surface area contributed by atoms with E-state index in [-0.39, 0.29) is 11.8 Å². The number of anilines is 1. The van der Waals surface area contributed by atoms with E-state index < -0.39 is 5.60 Å². The second kappa shape index (κ2) is 4.94. The number of rotatable bonds is 1. The van der Waals surface area contributed by atoms with Gasteiger partial charge >= 0.3 is 6.03 Å². The number of hydrogen-bond donors (Lipinski definition) is 2. The van der Waals surface area contributed by atoms with Crippen molar-refractivity contribution in [3.63, 3.8) is 0 Å². The highest BCUT2D eigenvalue weighted by Gasteiger charge is 2.30. The van der Waals surface area contributed by atoms with Crippen molar-refractivity contribution < 1.29 is 14.3 Å². The summed E-state index contributed by atoms with van der Waals surface area (Å²) in [6.45, 7) is 2.67. The molecule has 1 aromatic rings. The van der Waals surface area contributed by atoms with Gasteiger partial charge in [0.1, 0.15) is 5.82 Å². The minimum Gasteiger partial charge on any atom is -0.388 e. The molecule has 2 N–H and O–H groups in total. The van der Waals surface area contributed by atoms with Gasteiger partial charge in [0.05, 0.1) is 12.1 Å². The van der Waals surface area contributed by atoms with Gasteiger partial charge in [-0.2, -0.15) is 0 Å². The topological polar surface area (TPSA) is 52.6 Å². The Morgan fingerprint density at radius 3 is 2.72 bits per heavy atom. The fraction of sp³-hybridized carbons (Fsp3) is 0.462. The molecule has 1 aromatic carbocycles. The fourth-order valence-corrected chi connectivity index (χ4v) is 2.13. The maximum atomic E-state index is 12.7. The Hall–Kier alpha value is -1.62. The van der Waals surface area contributed by atoms with Gasteiger partial charge in [-0.3, -0.25) is 0 Å². The minimum absolute atomic E-state index is 0.262. The van der Waals surface area contributed by atoms with Gasteiger partial charge < -0.3 is 15.3 Å². The maximum absolute atomic E-state index is 12.7. The van der Waals surface area contributed by atoms with Crippen molar-refractivity contribution in [3.05, 3.63) is 30.1 Å². The summed E-state index contributed by atoms with van der Waals surface area (Å²) < 4.78 is 12.7. The number of piperidine rings is 1. The molecule has 5 heteroatoms. The van der Waals surface area contributed by atoms with Crippen LogP contribution in [0.3, 0.4) is 0 Å². The molecular weight excluding hydrogens is 235 g/mol. The quantitative estimate of drug-likeness (QED) is 0.805. The summed E-state index contributed by atoms with van der Waals surface area (Å²) in [5, 5.41) is 12.6. The van der Waals surface area contributed by atoms with E-state index in [2.05, 4.69) is 5.32 Å². The lowest BCUT2D eigenvalue weighted by molar-refractivity contribution is -0.000634. The predicted octanol–water partition coefficient (Wildman–Crippen LogP) is 2.20. The first-order valence-corrected chi connectivity index (χ1v) is 6.00. The van der Waals surface area contributed by atoms with Crippen molar-refractivity contribution in [2.75, 3.05) is 18.4 Å². The number of hydrogen-bond acceptors (Lipinski definition) is 2. The summed E-state index contributed by atoms with van der Waals surface area (Å²) in [5.41, 5.74) is -0.273. The maximum Gasteiger partial charge on any atom is 0.321 e. The van der Waals surface area contributed by atoms with Crippen molar-refractivity contribution in [2.45, 2.75) is 25.4 Å². The second-order valence-corrected chi connectivity index (χ2v) is 4.96. The molecule has 0 bridgehead atoms. The van der Waals surface area contributed by atoms with Crippen LogP contribution in [-0.2, 0) is 0 Å². The number of likely N-dealkylation sites (tertiary alicyclic amines) is 1. The predicted molar refractivity (Wildman–Crippen MR) is 66.8 cm³/mol. The number of urea groups is 1. The SMILES string of the molecule is CC1(O)CCCN(C(=O)Nc2ccc(F)cc2)C1. The number of carbonyl (C=O) groups is 1. The number of halogens is 1. The van der Waals surface area contributed by atoms with Crippen LogP contribution in [0.25, 0.3) is 0 Å². The van der Waals surface area contributed by atoms with Gasteiger partial charge in [-0.25, -0.2) is 9.18 Å². The number of nitrogens with one attached hydrogen (secondary N) is 1. The lowest BCUT2D eigenvalue weighted by Gasteiger charge is -2.36. The van der Waals surface area contributed by atoms with Gasteiger partial charge in [-0.15, -0.1) is 0 Å². The van der Waals surface area contributed by atoms with Crippen LogP contribution >= 0.6 is 0 Å². The smallest absolute Gasteiger partial charge is 0.321 e. The Bertz CT molecular complexity index is 431. The molecule has 1 fully saturated rings. The van der Waals surface area contributed by atoms with E-state index in [0.717, 1.165) is 6.42 Å². The lowest BCUT2D eigenvalue weighted by atomic mass is 9.95. The van der Waals surface area contributed by atoms with Gasteiger partial charge in [0.15, 0.2) is 0 Å². The van der Waals surface area contributed by atoms with E-state index in [1.807, 2.05) is 0 Å². The van der Waals surface area contributed by atoms with E-state index in [1.165, 1.54) is 24.3 Å². The normalized spacial score (nSPS) is 23.8. The summed E-state index contributed by atoms with van der Waals surface area (Å²) >= 11 is 0. The van der Waals surface area contributed by atoms with Crippen molar-refractivity contribution in [2.24, 2.45) is 0 Å². The largest absolute Gasteiger partial charge is 0.388 e. The second-order valence-electron chi connectivity index (χ2n) is 4.96. The molecule has 2 rings (SSSR count). The van der Waals surface area contributed by atoms with Crippen molar-refractivity contribution in [1.29, 1.82) is 0 Å². The number of β-amino-alcohol motifs (C(OH)–C–C–N with tert-alkyl or cyclic N) is 1. The zero-order valence-electron chi connectivity index (χ0n) is 10.3. The summed E-state index contributed by atoms with van der Waals surface area (Å²) in [5.74, 6) is -0.339. The van der Waals surface area contributed by atoms with Gasteiger partial charge in [0, 0.05) is 12.2 Å². The summed E-state index contributed by atoms with van der Waals surface area (Å²) in [7, 11) is 0. The zero-order chi connectivity index (χ0) is 13.2.